The zero-order chi connectivity index (χ0) is 14.8. The molecule has 0 aromatic heterocycles. The van der Waals surface area contributed by atoms with E-state index in [4.69, 9.17) is 5.73 Å². The van der Waals surface area contributed by atoms with Gasteiger partial charge in [0.25, 0.3) is 0 Å². The van der Waals surface area contributed by atoms with Crippen molar-refractivity contribution in [3.05, 3.63) is 35.4 Å². The Kier molecular flexibility index (Phi) is 6.04. The number of amides is 1. The lowest BCUT2D eigenvalue weighted by Crippen LogP contribution is -2.40. The first-order valence-electron chi connectivity index (χ1n) is 6.57. The molecule has 1 aromatic carbocycles. The second-order valence-corrected chi connectivity index (χ2v) is 4.99. The Bertz CT molecular complexity index is 493. The molecule has 0 bridgehead atoms. The predicted molar refractivity (Wildman–Crippen MR) is 76.2 cm³/mol. The van der Waals surface area contributed by atoms with E-state index in [1.54, 1.807) is 11.0 Å². The van der Waals surface area contributed by atoms with Gasteiger partial charge in [-0.3, -0.25) is 4.79 Å². The molecule has 1 aromatic rings. The fourth-order valence-corrected chi connectivity index (χ4v) is 2.54. The van der Waals surface area contributed by atoms with E-state index in [-0.39, 0.29) is 30.8 Å². The third-order valence-corrected chi connectivity index (χ3v) is 3.58. The molecule has 1 heterocycles. The number of alkyl halides is 3. The van der Waals surface area contributed by atoms with Gasteiger partial charge >= 0.3 is 6.18 Å². The Labute approximate surface area is 127 Å². The summed E-state index contributed by atoms with van der Waals surface area (Å²) in [7, 11) is 0. The monoisotopic (exact) mass is 322 g/mol. The van der Waals surface area contributed by atoms with Crippen LogP contribution in [-0.2, 0) is 17.4 Å². The molecule has 7 heteroatoms. The van der Waals surface area contributed by atoms with Crippen LogP contribution in [0.25, 0.3) is 0 Å². The van der Waals surface area contributed by atoms with Crippen molar-refractivity contribution in [3.8, 4) is 0 Å². The Morgan fingerprint density at radius 3 is 2.71 bits per heavy atom. The largest absolute Gasteiger partial charge is 0.416 e. The number of hydrogen-bond acceptors (Lipinski definition) is 2. The van der Waals surface area contributed by atoms with Crippen molar-refractivity contribution in [1.29, 1.82) is 0 Å². The minimum absolute atomic E-state index is 0. The summed E-state index contributed by atoms with van der Waals surface area (Å²) in [5, 5.41) is 0. The van der Waals surface area contributed by atoms with Crippen LogP contribution in [0.5, 0.6) is 0 Å². The molecule has 21 heavy (non-hydrogen) atoms. The molecule has 1 atom stereocenters. The van der Waals surface area contributed by atoms with Gasteiger partial charge in [0, 0.05) is 19.1 Å². The van der Waals surface area contributed by atoms with Gasteiger partial charge in [-0.25, -0.2) is 0 Å². The van der Waals surface area contributed by atoms with Gasteiger partial charge in [0.15, 0.2) is 0 Å². The molecule has 0 spiro atoms. The van der Waals surface area contributed by atoms with E-state index >= 15 is 0 Å². The molecular formula is C14H18ClF3N2O. The van der Waals surface area contributed by atoms with Crippen molar-refractivity contribution in [2.45, 2.75) is 31.5 Å². The van der Waals surface area contributed by atoms with Crippen LogP contribution in [-0.4, -0.2) is 29.9 Å². The smallest absolute Gasteiger partial charge is 0.338 e. The maximum absolute atomic E-state index is 12.6. The number of rotatable bonds is 3. The number of carbonyl (C=O) groups is 1. The minimum Gasteiger partial charge on any atom is -0.338 e. The van der Waals surface area contributed by atoms with Gasteiger partial charge in [-0.15, -0.1) is 12.4 Å². The molecule has 3 nitrogen and oxygen atoms in total. The normalized spacial score (nSPS) is 18.5. The van der Waals surface area contributed by atoms with Gasteiger partial charge in [-0.2, -0.15) is 13.2 Å². The van der Waals surface area contributed by atoms with Gasteiger partial charge in [0.1, 0.15) is 0 Å². The highest BCUT2D eigenvalue weighted by atomic mass is 35.5. The quantitative estimate of drug-likeness (QED) is 0.930. The fraction of sp³-hybridized carbons (Fsp3) is 0.500. The zero-order valence-corrected chi connectivity index (χ0v) is 12.2. The average Bonchev–Trinajstić information content (AvgIpc) is 2.86. The van der Waals surface area contributed by atoms with Crippen LogP contribution in [0, 0.1) is 0 Å². The lowest BCUT2D eigenvalue weighted by atomic mass is 10.1. The highest BCUT2D eigenvalue weighted by Crippen LogP contribution is 2.29. The first kappa shape index (κ1) is 17.8. The molecule has 118 valence electrons. The fourth-order valence-electron chi connectivity index (χ4n) is 2.54. The minimum atomic E-state index is -4.38. The summed E-state index contributed by atoms with van der Waals surface area (Å²) in [5.74, 6) is -0.155. The van der Waals surface area contributed by atoms with Crippen LogP contribution in [0.1, 0.15) is 24.0 Å². The molecule has 0 aliphatic carbocycles. The maximum Gasteiger partial charge on any atom is 0.416 e. The average molecular weight is 323 g/mol. The Balaban J connectivity index is 0.00000220. The third-order valence-electron chi connectivity index (χ3n) is 3.58. The van der Waals surface area contributed by atoms with Gasteiger partial charge in [0.2, 0.25) is 5.91 Å². The molecule has 1 fully saturated rings. The molecule has 1 unspecified atom stereocenters. The molecular weight excluding hydrogens is 305 g/mol. The maximum atomic E-state index is 12.6. The van der Waals surface area contributed by atoms with Gasteiger partial charge < -0.3 is 10.6 Å². The highest BCUT2D eigenvalue weighted by Gasteiger charge is 2.31. The van der Waals surface area contributed by atoms with Crippen LogP contribution in [0.2, 0.25) is 0 Å². The Hall–Kier alpha value is -1.27. The summed E-state index contributed by atoms with van der Waals surface area (Å²) >= 11 is 0. The summed E-state index contributed by atoms with van der Waals surface area (Å²) in [4.78, 5) is 13.8. The van der Waals surface area contributed by atoms with E-state index in [0.29, 0.717) is 18.7 Å². The van der Waals surface area contributed by atoms with Crippen molar-refractivity contribution in [1.82, 2.24) is 4.90 Å². The molecule has 2 N–H and O–H groups in total. The van der Waals surface area contributed by atoms with E-state index in [2.05, 4.69) is 0 Å². The van der Waals surface area contributed by atoms with Crippen molar-refractivity contribution in [3.63, 3.8) is 0 Å². The number of nitrogens with zero attached hydrogens (tertiary/aromatic N) is 1. The molecule has 1 saturated heterocycles. The van der Waals surface area contributed by atoms with Crippen molar-refractivity contribution >= 4 is 18.3 Å². The molecule has 1 aliphatic heterocycles. The van der Waals surface area contributed by atoms with Crippen LogP contribution in [0.15, 0.2) is 24.3 Å². The number of nitrogens with two attached hydrogens (primary N) is 1. The highest BCUT2D eigenvalue weighted by molar-refractivity contribution is 5.85. The number of hydrogen-bond donors (Lipinski definition) is 1. The number of halogens is 4. The van der Waals surface area contributed by atoms with Gasteiger partial charge in [-0.1, -0.05) is 18.2 Å². The molecule has 0 radical (unpaired) electrons. The molecule has 1 aliphatic rings. The first-order valence-corrected chi connectivity index (χ1v) is 6.57. The van der Waals surface area contributed by atoms with Crippen LogP contribution in [0.3, 0.4) is 0 Å². The summed E-state index contributed by atoms with van der Waals surface area (Å²) < 4.78 is 37.8. The number of benzene rings is 1. The zero-order valence-electron chi connectivity index (χ0n) is 11.4. The third kappa shape index (κ3) is 4.35. The van der Waals surface area contributed by atoms with Crippen molar-refractivity contribution < 1.29 is 18.0 Å². The topological polar surface area (TPSA) is 46.3 Å². The standard InChI is InChI=1S/C14H17F3N2O.ClH/c15-14(16,17)11-4-1-3-10(7-11)8-13(20)19-6-2-5-12(19)9-18;/h1,3-4,7,12H,2,5-6,8-9,18H2;1H. The Morgan fingerprint density at radius 1 is 1.38 bits per heavy atom. The molecule has 1 amide bonds. The van der Waals surface area contributed by atoms with Crippen LogP contribution >= 0.6 is 12.4 Å². The van der Waals surface area contributed by atoms with Crippen molar-refractivity contribution in [2.75, 3.05) is 13.1 Å². The van der Waals surface area contributed by atoms with Gasteiger partial charge in [0.05, 0.1) is 12.0 Å². The Morgan fingerprint density at radius 2 is 2.10 bits per heavy atom. The first-order chi connectivity index (χ1) is 9.41. The van der Waals surface area contributed by atoms with E-state index in [1.165, 1.54) is 6.07 Å². The van der Waals surface area contributed by atoms with E-state index in [0.717, 1.165) is 25.0 Å². The molecule has 0 saturated carbocycles. The van der Waals surface area contributed by atoms with Gasteiger partial charge in [-0.05, 0) is 24.5 Å². The van der Waals surface area contributed by atoms with E-state index in [1.807, 2.05) is 0 Å². The summed E-state index contributed by atoms with van der Waals surface area (Å²) in [6.45, 7) is 1.04. The molecule has 2 rings (SSSR count). The van der Waals surface area contributed by atoms with Crippen molar-refractivity contribution in [2.24, 2.45) is 5.73 Å². The predicted octanol–water partition coefficient (Wildman–Crippen LogP) is 2.62. The second-order valence-electron chi connectivity index (χ2n) is 4.99. The van der Waals surface area contributed by atoms with E-state index in [9.17, 15) is 18.0 Å². The SMILES string of the molecule is Cl.NCC1CCCN1C(=O)Cc1cccc(C(F)(F)F)c1. The lowest BCUT2D eigenvalue weighted by Gasteiger charge is -2.23. The summed E-state index contributed by atoms with van der Waals surface area (Å²) in [6, 6.07) is 4.93. The van der Waals surface area contributed by atoms with E-state index < -0.39 is 11.7 Å². The number of likely N-dealkylation sites (tertiary alicyclic amines) is 1. The summed E-state index contributed by atoms with van der Waals surface area (Å²) in [6.07, 6.45) is -2.63. The lowest BCUT2D eigenvalue weighted by molar-refractivity contribution is -0.138. The van der Waals surface area contributed by atoms with Crippen LogP contribution in [0.4, 0.5) is 13.2 Å². The van der Waals surface area contributed by atoms with Crippen LogP contribution < -0.4 is 5.73 Å². The second kappa shape index (κ2) is 7.13. The number of carbonyl (C=O) groups excluding carboxylic acids is 1. The summed E-state index contributed by atoms with van der Waals surface area (Å²) in [5.41, 5.74) is 5.25.